The lowest BCUT2D eigenvalue weighted by Crippen LogP contribution is -2.39. The molecule has 0 saturated carbocycles. The molecule has 1 fully saturated rings. The zero-order chi connectivity index (χ0) is 19.6. The average molecular weight is 407 g/mol. The molecule has 1 N–H and O–H groups in total. The number of benzene rings is 2. The minimum atomic E-state index is -3.91. The topological polar surface area (TPSA) is 66.5 Å². The van der Waals surface area contributed by atoms with Crippen LogP contribution in [0.5, 0.6) is 0 Å². The summed E-state index contributed by atoms with van der Waals surface area (Å²) in [5, 5.41) is 0.0816. The molecule has 2 aromatic rings. The SMILES string of the molecule is Cc1ccc(NS(=O)(=O)c2cc(C(=O)N3CCCC(C)C3)ccc2Cl)cc1. The molecule has 5 nitrogen and oxygen atoms in total. The Morgan fingerprint density at radius 2 is 1.89 bits per heavy atom. The number of carbonyl (C=O) groups is 1. The number of hydrogen-bond donors (Lipinski definition) is 1. The molecule has 1 atom stereocenters. The Morgan fingerprint density at radius 3 is 2.56 bits per heavy atom. The van der Waals surface area contributed by atoms with Gasteiger partial charge in [-0.3, -0.25) is 9.52 Å². The van der Waals surface area contributed by atoms with E-state index in [0.717, 1.165) is 18.4 Å². The van der Waals surface area contributed by atoms with E-state index in [0.29, 0.717) is 30.3 Å². The Balaban J connectivity index is 1.88. The van der Waals surface area contributed by atoms with E-state index in [1.807, 2.05) is 19.1 Å². The summed E-state index contributed by atoms with van der Waals surface area (Å²) >= 11 is 6.14. The molecule has 2 aromatic carbocycles. The van der Waals surface area contributed by atoms with Crippen molar-refractivity contribution in [2.45, 2.75) is 31.6 Å². The second-order valence-electron chi connectivity index (χ2n) is 7.12. The molecule has 144 valence electrons. The van der Waals surface area contributed by atoms with Crippen LogP contribution in [0.4, 0.5) is 5.69 Å². The van der Waals surface area contributed by atoms with Gasteiger partial charge in [0.2, 0.25) is 0 Å². The molecule has 1 unspecified atom stereocenters. The lowest BCUT2D eigenvalue weighted by atomic mass is 9.99. The first-order valence-electron chi connectivity index (χ1n) is 8.94. The number of aryl methyl sites for hydroxylation is 1. The van der Waals surface area contributed by atoms with Crippen LogP contribution in [0.25, 0.3) is 0 Å². The molecule has 0 spiro atoms. The van der Waals surface area contributed by atoms with E-state index in [1.54, 1.807) is 23.1 Å². The van der Waals surface area contributed by atoms with E-state index in [-0.39, 0.29) is 15.8 Å². The van der Waals surface area contributed by atoms with Gasteiger partial charge in [0.15, 0.2) is 0 Å². The molecule has 1 aliphatic heterocycles. The zero-order valence-electron chi connectivity index (χ0n) is 15.4. The van der Waals surface area contributed by atoms with Crippen molar-refractivity contribution in [2.75, 3.05) is 17.8 Å². The second-order valence-corrected chi connectivity index (χ2v) is 9.17. The Labute approximate surface area is 165 Å². The standard InChI is InChI=1S/C20H23ClN2O3S/c1-14-5-8-17(9-6-14)22-27(25,26)19-12-16(7-10-18(19)21)20(24)23-11-3-4-15(2)13-23/h5-10,12,15,22H,3-4,11,13H2,1-2H3. The van der Waals surface area contributed by atoms with Gasteiger partial charge in [-0.2, -0.15) is 0 Å². The third-order valence-electron chi connectivity index (χ3n) is 4.72. The predicted molar refractivity (Wildman–Crippen MR) is 108 cm³/mol. The number of hydrogen-bond acceptors (Lipinski definition) is 3. The van der Waals surface area contributed by atoms with Gasteiger partial charge in [0.25, 0.3) is 15.9 Å². The van der Waals surface area contributed by atoms with Crippen LogP contribution in [0, 0.1) is 12.8 Å². The van der Waals surface area contributed by atoms with Gasteiger partial charge in [-0.15, -0.1) is 0 Å². The van der Waals surface area contributed by atoms with Crippen molar-refractivity contribution in [1.29, 1.82) is 0 Å². The van der Waals surface area contributed by atoms with E-state index < -0.39 is 10.0 Å². The maximum Gasteiger partial charge on any atom is 0.263 e. The average Bonchev–Trinajstić information content (AvgIpc) is 2.63. The Hall–Kier alpha value is -2.05. The van der Waals surface area contributed by atoms with Crippen LogP contribution < -0.4 is 4.72 Å². The highest BCUT2D eigenvalue weighted by atomic mass is 35.5. The summed E-state index contributed by atoms with van der Waals surface area (Å²) in [5.74, 6) is 0.284. The Bertz CT molecular complexity index is 942. The van der Waals surface area contributed by atoms with E-state index in [9.17, 15) is 13.2 Å². The van der Waals surface area contributed by atoms with Gasteiger partial charge in [0, 0.05) is 24.3 Å². The molecule has 3 rings (SSSR count). The number of anilines is 1. The number of piperidine rings is 1. The number of sulfonamides is 1. The number of nitrogens with zero attached hydrogens (tertiary/aromatic N) is 1. The van der Waals surface area contributed by atoms with Crippen LogP contribution in [-0.2, 0) is 10.0 Å². The molecule has 1 saturated heterocycles. The van der Waals surface area contributed by atoms with Gasteiger partial charge in [0.1, 0.15) is 4.90 Å². The minimum absolute atomic E-state index is 0.0816. The molecular weight excluding hydrogens is 384 g/mol. The first kappa shape index (κ1) is 19.7. The van der Waals surface area contributed by atoms with Crippen molar-refractivity contribution in [1.82, 2.24) is 4.90 Å². The summed E-state index contributed by atoms with van der Waals surface area (Å²) in [6, 6.07) is 11.4. The maximum absolute atomic E-state index is 12.8. The number of likely N-dealkylation sites (tertiary alicyclic amines) is 1. The molecule has 7 heteroatoms. The highest BCUT2D eigenvalue weighted by Crippen LogP contribution is 2.26. The predicted octanol–water partition coefficient (Wildman–Crippen LogP) is 4.32. The van der Waals surface area contributed by atoms with Crippen molar-refractivity contribution in [2.24, 2.45) is 5.92 Å². The van der Waals surface area contributed by atoms with Crippen molar-refractivity contribution in [3.05, 3.63) is 58.6 Å². The maximum atomic E-state index is 12.8. The first-order chi connectivity index (χ1) is 12.8. The van der Waals surface area contributed by atoms with Crippen LogP contribution >= 0.6 is 11.6 Å². The lowest BCUT2D eigenvalue weighted by Gasteiger charge is -2.31. The third kappa shape index (κ3) is 4.62. The molecular formula is C20H23ClN2O3S. The van der Waals surface area contributed by atoms with Gasteiger partial charge < -0.3 is 4.90 Å². The number of rotatable bonds is 4. The van der Waals surface area contributed by atoms with Crippen LogP contribution in [0.2, 0.25) is 5.02 Å². The molecule has 1 amide bonds. The number of amides is 1. The monoisotopic (exact) mass is 406 g/mol. The first-order valence-corrected chi connectivity index (χ1v) is 10.8. The van der Waals surface area contributed by atoms with E-state index in [2.05, 4.69) is 11.6 Å². The van der Waals surface area contributed by atoms with Crippen LogP contribution in [0.15, 0.2) is 47.4 Å². The Morgan fingerprint density at radius 1 is 1.19 bits per heavy atom. The van der Waals surface area contributed by atoms with Gasteiger partial charge in [-0.1, -0.05) is 36.2 Å². The van der Waals surface area contributed by atoms with Gasteiger partial charge in [-0.05, 0) is 56.0 Å². The summed E-state index contributed by atoms with van der Waals surface area (Å²) in [5.41, 5.74) is 1.80. The normalized spacial score (nSPS) is 17.6. The highest BCUT2D eigenvalue weighted by Gasteiger charge is 2.25. The van der Waals surface area contributed by atoms with E-state index in [1.165, 1.54) is 12.1 Å². The fraction of sp³-hybridized carbons (Fsp3) is 0.350. The number of carbonyl (C=O) groups excluding carboxylic acids is 1. The zero-order valence-corrected chi connectivity index (χ0v) is 17.0. The Kier molecular flexibility index (Phi) is 5.77. The van der Waals surface area contributed by atoms with Crippen LogP contribution in [-0.4, -0.2) is 32.3 Å². The third-order valence-corrected chi connectivity index (χ3v) is 6.58. The minimum Gasteiger partial charge on any atom is -0.338 e. The smallest absolute Gasteiger partial charge is 0.263 e. The molecule has 0 aromatic heterocycles. The van der Waals surface area contributed by atoms with Crippen molar-refractivity contribution < 1.29 is 13.2 Å². The molecule has 0 aliphatic carbocycles. The van der Waals surface area contributed by atoms with Gasteiger partial charge >= 0.3 is 0 Å². The fourth-order valence-electron chi connectivity index (χ4n) is 3.23. The molecule has 0 bridgehead atoms. The largest absolute Gasteiger partial charge is 0.338 e. The number of nitrogens with one attached hydrogen (secondary N) is 1. The van der Waals surface area contributed by atoms with Gasteiger partial charge in [0.05, 0.1) is 5.02 Å². The number of halogens is 1. The fourth-order valence-corrected chi connectivity index (χ4v) is 4.82. The summed E-state index contributed by atoms with van der Waals surface area (Å²) in [6.45, 7) is 5.41. The van der Waals surface area contributed by atoms with E-state index >= 15 is 0 Å². The summed E-state index contributed by atoms with van der Waals surface area (Å²) in [6.07, 6.45) is 2.06. The molecule has 1 heterocycles. The van der Waals surface area contributed by atoms with Crippen molar-refractivity contribution >= 4 is 33.2 Å². The quantitative estimate of drug-likeness (QED) is 0.822. The highest BCUT2D eigenvalue weighted by molar-refractivity contribution is 7.92. The van der Waals surface area contributed by atoms with Crippen LogP contribution in [0.1, 0.15) is 35.7 Å². The lowest BCUT2D eigenvalue weighted by molar-refractivity contribution is 0.0683. The molecule has 0 radical (unpaired) electrons. The summed E-state index contributed by atoms with van der Waals surface area (Å²) in [7, 11) is -3.91. The summed E-state index contributed by atoms with van der Waals surface area (Å²) < 4.78 is 28.1. The van der Waals surface area contributed by atoms with Crippen molar-refractivity contribution in [3.63, 3.8) is 0 Å². The second kappa shape index (κ2) is 7.90. The van der Waals surface area contributed by atoms with Crippen molar-refractivity contribution in [3.8, 4) is 0 Å². The van der Waals surface area contributed by atoms with E-state index in [4.69, 9.17) is 11.6 Å². The molecule has 27 heavy (non-hydrogen) atoms. The molecule has 1 aliphatic rings. The summed E-state index contributed by atoms with van der Waals surface area (Å²) in [4.78, 5) is 14.5. The van der Waals surface area contributed by atoms with Gasteiger partial charge in [-0.25, -0.2) is 8.42 Å². The van der Waals surface area contributed by atoms with Crippen LogP contribution in [0.3, 0.4) is 0 Å².